The summed E-state index contributed by atoms with van der Waals surface area (Å²) in [4.78, 5) is 12.8. The van der Waals surface area contributed by atoms with Gasteiger partial charge in [0.15, 0.2) is 11.6 Å². The van der Waals surface area contributed by atoms with Gasteiger partial charge in [0, 0.05) is 44.0 Å². The summed E-state index contributed by atoms with van der Waals surface area (Å²) in [6.45, 7) is 4.22. The quantitative estimate of drug-likeness (QED) is 0.920. The molecule has 2 fully saturated rings. The van der Waals surface area contributed by atoms with Crippen LogP contribution < -0.4 is 9.80 Å². The maximum Gasteiger partial charge on any atom is 0.227 e. The Hall–Kier alpha value is -2.22. The molecule has 24 heavy (non-hydrogen) atoms. The number of H-pyrrole nitrogens is 1. The molecule has 2 aromatic rings. The van der Waals surface area contributed by atoms with E-state index in [1.165, 1.54) is 6.20 Å². The van der Waals surface area contributed by atoms with E-state index in [4.69, 9.17) is 4.74 Å². The maximum absolute atomic E-state index is 14.2. The standard InChI is InChI=1S/C16H21FN6O/c17-13-10-18-16(20-15(13)22-6-8-24-9-7-22)23-5-1-2-12(11-23)14-3-4-19-21-14/h3-4,10,12H,1-2,5-9,11H2,(H,19,21). The first-order valence-corrected chi connectivity index (χ1v) is 8.41. The third kappa shape index (κ3) is 3.06. The van der Waals surface area contributed by atoms with E-state index in [9.17, 15) is 4.39 Å². The number of ether oxygens (including phenoxy) is 1. The van der Waals surface area contributed by atoms with Crippen molar-refractivity contribution in [3.63, 3.8) is 0 Å². The minimum atomic E-state index is -0.372. The van der Waals surface area contributed by atoms with Crippen LogP contribution in [-0.2, 0) is 4.74 Å². The summed E-state index contributed by atoms with van der Waals surface area (Å²) in [5.41, 5.74) is 1.13. The molecule has 0 aromatic carbocycles. The van der Waals surface area contributed by atoms with Crippen molar-refractivity contribution >= 4 is 11.8 Å². The fourth-order valence-electron chi connectivity index (χ4n) is 3.41. The molecule has 0 spiro atoms. The minimum absolute atomic E-state index is 0.372. The van der Waals surface area contributed by atoms with Gasteiger partial charge in [-0.25, -0.2) is 9.37 Å². The second-order valence-electron chi connectivity index (χ2n) is 6.24. The Labute approximate surface area is 139 Å². The van der Waals surface area contributed by atoms with E-state index in [0.29, 0.717) is 44.0 Å². The van der Waals surface area contributed by atoms with Crippen molar-refractivity contribution in [2.75, 3.05) is 49.2 Å². The molecule has 1 unspecified atom stereocenters. The number of hydrogen-bond donors (Lipinski definition) is 1. The number of aromatic nitrogens is 4. The molecule has 2 aromatic heterocycles. The molecule has 128 valence electrons. The van der Waals surface area contributed by atoms with Gasteiger partial charge >= 0.3 is 0 Å². The largest absolute Gasteiger partial charge is 0.378 e. The molecule has 8 heteroatoms. The third-order valence-corrected chi connectivity index (χ3v) is 4.69. The molecule has 7 nitrogen and oxygen atoms in total. The number of aromatic amines is 1. The van der Waals surface area contributed by atoms with E-state index in [0.717, 1.165) is 31.6 Å². The fourth-order valence-corrected chi connectivity index (χ4v) is 3.41. The number of halogens is 1. The van der Waals surface area contributed by atoms with E-state index in [1.807, 2.05) is 11.0 Å². The number of rotatable bonds is 3. The molecule has 4 heterocycles. The molecule has 1 N–H and O–H groups in total. The monoisotopic (exact) mass is 332 g/mol. The second-order valence-corrected chi connectivity index (χ2v) is 6.24. The Kier molecular flexibility index (Phi) is 4.29. The summed E-state index contributed by atoms with van der Waals surface area (Å²) in [6.07, 6.45) is 5.22. The second kappa shape index (κ2) is 6.72. The Morgan fingerprint density at radius 1 is 1.21 bits per heavy atom. The van der Waals surface area contributed by atoms with E-state index in [-0.39, 0.29) is 5.82 Å². The van der Waals surface area contributed by atoms with Gasteiger partial charge in [0.05, 0.1) is 19.4 Å². The summed E-state index contributed by atoms with van der Waals surface area (Å²) in [6, 6.07) is 2.01. The summed E-state index contributed by atoms with van der Waals surface area (Å²) in [5, 5.41) is 7.09. The summed E-state index contributed by atoms with van der Waals surface area (Å²) < 4.78 is 19.5. The van der Waals surface area contributed by atoms with Crippen LogP contribution in [0.4, 0.5) is 16.2 Å². The Bertz CT molecular complexity index is 673. The van der Waals surface area contributed by atoms with Gasteiger partial charge in [-0.2, -0.15) is 10.1 Å². The first-order valence-electron chi connectivity index (χ1n) is 8.41. The van der Waals surface area contributed by atoms with E-state index < -0.39 is 0 Å². The lowest BCUT2D eigenvalue weighted by Gasteiger charge is -2.33. The van der Waals surface area contributed by atoms with Gasteiger partial charge in [-0.3, -0.25) is 5.10 Å². The molecule has 2 aliphatic rings. The van der Waals surface area contributed by atoms with Crippen LogP contribution in [-0.4, -0.2) is 59.6 Å². The van der Waals surface area contributed by atoms with Gasteiger partial charge in [-0.15, -0.1) is 0 Å². The molecule has 0 aliphatic carbocycles. The molecule has 0 saturated carbocycles. The number of nitrogens with zero attached hydrogens (tertiary/aromatic N) is 5. The zero-order valence-electron chi connectivity index (χ0n) is 13.5. The minimum Gasteiger partial charge on any atom is -0.378 e. The Morgan fingerprint density at radius 3 is 2.88 bits per heavy atom. The number of hydrogen-bond acceptors (Lipinski definition) is 6. The highest BCUT2D eigenvalue weighted by atomic mass is 19.1. The lowest BCUT2D eigenvalue weighted by atomic mass is 9.95. The van der Waals surface area contributed by atoms with Gasteiger partial charge in [-0.1, -0.05) is 0 Å². The zero-order chi connectivity index (χ0) is 16.4. The van der Waals surface area contributed by atoms with Crippen molar-refractivity contribution in [3.8, 4) is 0 Å². The van der Waals surface area contributed by atoms with Gasteiger partial charge in [-0.05, 0) is 18.9 Å². The lowest BCUT2D eigenvalue weighted by Crippen LogP contribution is -2.39. The first kappa shape index (κ1) is 15.3. The van der Waals surface area contributed by atoms with Crippen LogP contribution in [0.2, 0.25) is 0 Å². The van der Waals surface area contributed by atoms with Gasteiger partial charge in [0.25, 0.3) is 0 Å². The molecular weight excluding hydrogens is 311 g/mol. The van der Waals surface area contributed by atoms with Crippen LogP contribution in [0.25, 0.3) is 0 Å². The first-order chi connectivity index (χ1) is 11.8. The number of anilines is 2. The van der Waals surface area contributed by atoms with Crippen molar-refractivity contribution < 1.29 is 9.13 Å². The number of piperidine rings is 1. The SMILES string of the molecule is Fc1cnc(N2CCCC(c3ccn[nH]3)C2)nc1N1CCOCC1. The molecule has 2 aliphatic heterocycles. The molecule has 0 bridgehead atoms. The summed E-state index contributed by atoms with van der Waals surface area (Å²) >= 11 is 0. The predicted molar refractivity (Wildman–Crippen MR) is 87.8 cm³/mol. The Balaban J connectivity index is 1.55. The molecule has 4 rings (SSSR count). The van der Waals surface area contributed by atoms with Crippen LogP contribution in [0.3, 0.4) is 0 Å². The fraction of sp³-hybridized carbons (Fsp3) is 0.562. The number of nitrogens with one attached hydrogen (secondary N) is 1. The van der Waals surface area contributed by atoms with Crippen LogP contribution in [0, 0.1) is 5.82 Å². The zero-order valence-corrected chi connectivity index (χ0v) is 13.5. The molecule has 0 radical (unpaired) electrons. The van der Waals surface area contributed by atoms with Crippen LogP contribution >= 0.6 is 0 Å². The van der Waals surface area contributed by atoms with Crippen molar-refractivity contribution in [1.82, 2.24) is 20.2 Å². The maximum atomic E-state index is 14.2. The van der Waals surface area contributed by atoms with Crippen molar-refractivity contribution in [2.24, 2.45) is 0 Å². The lowest BCUT2D eigenvalue weighted by molar-refractivity contribution is 0.122. The Morgan fingerprint density at radius 2 is 2.08 bits per heavy atom. The average Bonchev–Trinajstić information content (AvgIpc) is 3.18. The average molecular weight is 332 g/mol. The van der Waals surface area contributed by atoms with Crippen LogP contribution in [0.1, 0.15) is 24.5 Å². The molecule has 1 atom stereocenters. The van der Waals surface area contributed by atoms with E-state index >= 15 is 0 Å². The van der Waals surface area contributed by atoms with Crippen LogP contribution in [0.5, 0.6) is 0 Å². The normalized spacial score (nSPS) is 22.0. The molecule has 0 amide bonds. The highest BCUT2D eigenvalue weighted by Gasteiger charge is 2.25. The van der Waals surface area contributed by atoms with Crippen LogP contribution in [0.15, 0.2) is 18.5 Å². The highest BCUT2D eigenvalue weighted by molar-refractivity contribution is 5.46. The van der Waals surface area contributed by atoms with Crippen molar-refractivity contribution in [1.29, 1.82) is 0 Å². The summed E-state index contributed by atoms with van der Waals surface area (Å²) in [5.74, 6) is 0.985. The third-order valence-electron chi connectivity index (χ3n) is 4.69. The predicted octanol–water partition coefficient (Wildman–Crippen LogP) is 1.56. The number of morpholine rings is 1. The van der Waals surface area contributed by atoms with Gasteiger partial charge in [0.2, 0.25) is 5.95 Å². The topological polar surface area (TPSA) is 70.2 Å². The molecular formula is C16H21FN6O. The van der Waals surface area contributed by atoms with Crippen molar-refractivity contribution in [3.05, 3.63) is 30.0 Å². The van der Waals surface area contributed by atoms with E-state index in [2.05, 4.69) is 25.1 Å². The smallest absolute Gasteiger partial charge is 0.227 e. The summed E-state index contributed by atoms with van der Waals surface area (Å²) in [7, 11) is 0. The van der Waals surface area contributed by atoms with Gasteiger partial charge in [0.1, 0.15) is 0 Å². The molecule has 2 saturated heterocycles. The van der Waals surface area contributed by atoms with Gasteiger partial charge < -0.3 is 14.5 Å². The highest BCUT2D eigenvalue weighted by Crippen LogP contribution is 2.28. The van der Waals surface area contributed by atoms with Crippen molar-refractivity contribution in [2.45, 2.75) is 18.8 Å². The van der Waals surface area contributed by atoms with E-state index in [1.54, 1.807) is 6.20 Å².